The summed E-state index contributed by atoms with van der Waals surface area (Å²) in [6.45, 7) is 0.259. The van der Waals surface area contributed by atoms with Crippen LogP contribution in [0.15, 0.2) is 30.6 Å². The normalized spacial score (nSPS) is 10.3. The van der Waals surface area contributed by atoms with Gasteiger partial charge in [0, 0.05) is 6.54 Å². The molecular formula is C12H11ClN4O3. The molecular weight excluding hydrogens is 284 g/mol. The van der Waals surface area contributed by atoms with Crippen molar-refractivity contribution in [1.82, 2.24) is 9.97 Å². The third-order valence-corrected chi connectivity index (χ3v) is 2.87. The number of nitro groups is 1. The van der Waals surface area contributed by atoms with E-state index in [1.165, 1.54) is 0 Å². The van der Waals surface area contributed by atoms with Gasteiger partial charge in [0.2, 0.25) is 11.0 Å². The number of nitrogens with zero attached hydrogens (tertiary/aromatic N) is 3. The Morgan fingerprint density at radius 3 is 2.80 bits per heavy atom. The summed E-state index contributed by atoms with van der Waals surface area (Å²) in [5.74, 6) is 0.0596. The van der Waals surface area contributed by atoms with Gasteiger partial charge < -0.3 is 10.4 Å². The topological polar surface area (TPSA) is 101 Å². The largest absolute Gasteiger partial charge is 0.392 e. The summed E-state index contributed by atoms with van der Waals surface area (Å²) in [5.41, 5.74) is 1.27. The molecule has 2 N–H and O–H groups in total. The zero-order valence-corrected chi connectivity index (χ0v) is 11.0. The second kappa shape index (κ2) is 6.27. The molecule has 0 amide bonds. The lowest BCUT2D eigenvalue weighted by Crippen LogP contribution is -2.06. The van der Waals surface area contributed by atoms with Crippen LogP contribution in [0, 0.1) is 10.1 Å². The Kier molecular flexibility index (Phi) is 4.44. The van der Waals surface area contributed by atoms with Gasteiger partial charge in [0.25, 0.3) is 0 Å². The van der Waals surface area contributed by atoms with Gasteiger partial charge in [0.15, 0.2) is 0 Å². The molecule has 0 saturated heterocycles. The van der Waals surface area contributed by atoms with E-state index in [4.69, 9.17) is 16.7 Å². The molecule has 104 valence electrons. The van der Waals surface area contributed by atoms with Gasteiger partial charge in [-0.15, -0.1) is 0 Å². The Balaban J connectivity index is 2.18. The van der Waals surface area contributed by atoms with Crippen LogP contribution in [-0.2, 0) is 13.2 Å². The summed E-state index contributed by atoms with van der Waals surface area (Å²) < 4.78 is 0. The monoisotopic (exact) mass is 294 g/mol. The lowest BCUT2D eigenvalue weighted by Gasteiger charge is -2.07. The Morgan fingerprint density at radius 2 is 2.10 bits per heavy atom. The minimum Gasteiger partial charge on any atom is -0.392 e. The van der Waals surface area contributed by atoms with Gasteiger partial charge in [-0.3, -0.25) is 10.1 Å². The van der Waals surface area contributed by atoms with Crippen molar-refractivity contribution in [3.8, 4) is 0 Å². The summed E-state index contributed by atoms with van der Waals surface area (Å²) in [4.78, 5) is 17.7. The maximum absolute atomic E-state index is 10.9. The fourth-order valence-corrected chi connectivity index (χ4v) is 1.87. The Labute approximate surface area is 119 Å². The highest BCUT2D eigenvalue weighted by molar-refractivity contribution is 6.31. The van der Waals surface area contributed by atoms with E-state index in [1.54, 1.807) is 18.2 Å². The van der Waals surface area contributed by atoms with E-state index >= 15 is 0 Å². The average Bonchev–Trinajstić information content (AvgIpc) is 2.45. The molecule has 0 radical (unpaired) electrons. The van der Waals surface area contributed by atoms with Crippen molar-refractivity contribution >= 4 is 23.1 Å². The van der Waals surface area contributed by atoms with E-state index in [9.17, 15) is 10.1 Å². The first-order valence-corrected chi connectivity index (χ1v) is 6.07. The van der Waals surface area contributed by atoms with Crippen molar-refractivity contribution in [3.63, 3.8) is 0 Å². The first-order chi connectivity index (χ1) is 9.61. The van der Waals surface area contributed by atoms with Crippen molar-refractivity contribution < 1.29 is 10.0 Å². The minimum atomic E-state index is -0.630. The third-order valence-electron chi connectivity index (χ3n) is 2.59. The van der Waals surface area contributed by atoms with Crippen LogP contribution in [0.1, 0.15) is 11.1 Å². The van der Waals surface area contributed by atoms with Crippen molar-refractivity contribution in [2.75, 3.05) is 5.32 Å². The van der Waals surface area contributed by atoms with Crippen LogP contribution in [0.25, 0.3) is 0 Å². The van der Waals surface area contributed by atoms with Gasteiger partial charge in [-0.25, -0.2) is 9.97 Å². The molecule has 0 spiro atoms. The molecule has 0 saturated carbocycles. The molecule has 7 nitrogen and oxygen atoms in total. The fraction of sp³-hybridized carbons (Fsp3) is 0.167. The third kappa shape index (κ3) is 3.19. The van der Waals surface area contributed by atoms with Gasteiger partial charge in [-0.1, -0.05) is 35.9 Å². The number of hydrogen-bond acceptors (Lipinski definition) is 6. The quantitative estimate of drug-likeness (QED) is 0.498. The summed E-state index contributed by atoms with van der Waals surface area (Å²) in [5, 5.41) is 22.6. The number of nitrogens with one attached hydrogen (secondary N) is 1. The van der Waals surface area contributed by atoms with Gasteiger partial charge in [-0.2, -0.15) is 0 Å². The number of halogens is 1. The highest BCUT2D eigenvalue weighted by Crippen LogP contribution is 2.28. The molecule has 0 atom stereocenters. The molecule has 8 heteroatoms. The van der Waals surface area contributed by atoms with Crippen LogP contribution in [0.4, 0.5) is 11.5 Å². The number of hydrogen-bond donors (Lipinski definition) is 2. The maximum Gasteiger partial charge on any atom is 0.348 e. The van der Waals surface area contributed by atoms with Crippen LogP contribution < -0.4 is 5.32 Å². The predicted octanol–water partition coefficient (Wildman–Crippen LogP) is 2.14. The van der Waals surface area contributed by atoms with E-state index < -0.39 is 4.92 Å². The highest BCUT2D eigenvalue weighted by atomic mass is 35.5. The SMILES string of the molecule is O=[N+]([O-])c1c(Cl)ncnc1NCc1cccc(CO)c1. The number of rotatable bonds is 5. The summed E-state index contributed by atoms with van der Waals surface area (Å²) in [6.07, 6.45) is 1.15. The average molecular weight is 295 g/mol. The molecule has 20 heavy (non-hydrogen) atoms. The van der Waals surface area contributed by atoms with E-state index in [1.807, 2.05) is 6.07 Å². The molecule has 0 fully saturated rings. The zero-order chi connectivity index (χ0) is 14.5. The van der Waals surface area contributed by atoms with Crippen LogP contribution in [0.5, 0.6) is 0 Å². The molecule has 0 aliphatic rings. The standard InChI is InChI=1S/C12H11ClN4O3/c13-11-10(17(19)20)12(16-7-15-11)14-5-8-2-1-3-9(4-8)6-18/h1-4,7,18H,5-6H2,(H,14,15,16). The zero-order valence-electron chi connectivity index (χ0n) is 10.3. The lowest BCUT2D eigenvalue weighted by molar-refractivity contribution is -0.384. The molecule has 0 aliphatic carbocycles. The first-order valence-electron chi connectivity index (χ1n) is 5.69. The van der Waals surface area contributed by atoms with Crippen LogP contribution >= 0.6 is 11.6 Å². The van der Waals surface area contributed by atoms with Gasteiger partial charge >= 0.3 is 5.69 Å². The molecule has 1 aromatic heterocycles. The number of benzene rings is 1. The minimum absolute atomic E-state index is 0.0596. The lowest BCUT2D eigenvalue weighted by atomic mass is 10.1. The molecule has 0 bridgehead atoms. The van der Waals surface area contributed by atoms with Crippen molar-refractivity contribution in [3.05, 3.63) is 57.0 Å². The fourth-order valence-electron chi connectivity index (χ4n) is 1.67. The summed E-state index contributed by atoms with van der Waals surface area (Å²) in [7, 11) is 0. The van der Waals surface area contributed by atoms with Crippen LogP contribution in [-0.4, -0.2) is 20.0 Å². The number of aliphatic hydroxyl groups excluding tert-OH is 1. The Morgan fingerprint density at radius 1 is 1.35 bits per heavy atom. The number of anilines is 1. The van der Waals surface area contributed by atoms with Gasteiger partial charge in [0.1, 0.15) is 6.33 Å². The van der Waals surface area contributed by atoms with Crippen LogP contribution in [0.3, 0.4) is 0 Å². The molecule has 0 unspecified atom stereocenters. The first kappa shape index (κ1) is 14.2. The van der Waals surface area contributed by atoms with E-state index in [-0.39, 0.29) is 23.3 Å². The van der Waals surface area contributed by atoms with Gasteiger partial charge in [-0.05, 0) is 11.1 Å². The molecule has 2 rings (SSSR count). The molecule has 1 heterocycles. The predicted molar refractivity (Wildman–Crippen MR) is 73.4 cm³/mol. The van der Waals surface area contributed by atoms with Crippen LogP contribution in [0.2, 0.25) is 5.15 Å². The summed E-state index contributed by atoms with van der Waals surface area (Å²) >= 11 is 5.69. The number of aromatic nitrogens is 2. The second-order valence-corrected chi connectivity index (χ2v) is 4.31. The Hall–Kier alpha value is -2.25. The van der Waals surface area contributed by atoms with Gasteiger partial charge in [0.05, 0.1) is 11.5 Å². The Bertz CT molecular complexity index is 636. The molecule has 0 aliphatic heterocycles. The molecule has 1 aromatic carbocycles. The highest BCUT2D eigenvalue weighted by Gasteiger charge is 2.21. The van der Waals surface area contributed by atoms with Crippen molar-refractivity contribution in [1.29, 1.82) is 0 Å². The number of aliphatic hydroxyl groups is 1. The molecule has 2 aromatic rings. The smallest absolute Gasteiger partial charge is 0.348 e. The summed E-state index contributed by atoms with van der Waals surface area (Å²) in [6, 6.07) is 7.21. The van der Waals surface area contributed by atoms with Crippen molar-refractivity contribution in [2.24, 2.45) is 0 Å². The second-order valence-electron chi connectivity index (χ2n) is 3.95. The van der Waals surface area contributed by atoms with E-state index in [2.05, 4.69) is 15.3 Å². The van der Waals surface area contributed by atoms with E-state index in [0.29, 0.717) is 6.54 Å². The maximum atomic E-state index is 10.9. The van der Waals surface area contributed by atoms with Crippen molar-refractivity contribution in [2.45, 2.75) is 13.2 Å². The van der Waals surface area contributed by atoms with E-state index in [0.717, 1.165) is 17.5 Å².